The molecule has 2 aromatic rings. The third-order valence-corrected chi connectivity index (χ3v) is 7.00. The fraction of sp³-hybridized carbons (Fsp3) is 0.462. The maximum absolute atomic E-state index is 13.3. The Morgan fingerprint density at radius 3 is 2.42 bits per heavy atom. The molecule has 0 bridgehead atoms. The van der Waals surface area contributed by atoms with Crippen molar-refractivity contribution in [2.24, 2.45) is 0 Å². The van der Waals surface area contributed by atoms with E-state index >= 15 is 0 Å². The average Bonchev–Trinajstić information content (AvgIpc) is 3.29. The summed E-state index contributed by atoms with van der Waals surface area (Å²) in [5.74, 6) is 0.251. The summed E-state index contributed by atoms with van der Waals surface area (Å²) >= 11 is 12.3. The lowest BCUT2D eigenvalue weighted by Gasteiger charge is -2.31. The first kappa shape index (κ1) is 25.4. The van der Waals surface area contributed by atoms with Crippen LogP contribution >= 0.6 is 23.2 Å². The van der Waals surface area contributed by atoms with Gasteiger partial charge in [0.2, 0.25) is 5.91 Å². The molecule has 1 aliphatic rings. The minimum atomic E-state index is -0.601. The van der Waals surface area contributed by atoms with Gasteiger partial charge < -0.3 is 15.0 Å². The normalized spacial score (nSPS) is 14.7. The third kappa shape index (κ3) is 6.87. The number of carbonyl (C=O) groups is 2. The molecule has 33 heavy (non-hydrogen) atoms. The molecule has 7 heteroatoms. The van der Waals surface area contributed by atoms with Crippen LogP contribution in [-0.4, -0.2) is 35.4 Å². The highest BCUT2D eigenvalue weighted by Gasteiger charge is 2.31. The van der Waals surface area contributed by atoms with E-state index in [0.29, 0.717) is 22.2 Å². The number of hydrogen-bond donors (Lipinski definition) is 1. The first-order valence-corrected chi connectivity index (χ1v) is 12.3. The number of halogens is 2. The van der Waals surface area contributed by atoms with Gasteiger partial charge in [0.25, 0.3) is 5.91 Å². The number of hydrogen-bond acceptors (Lipinski definition) is 3. The van der Waals surface area contributed by atoms with Crippen molar-refractivity contribution in [1.82, 2.24) is 10.2 Å². The summed E-state index contributed by atoms with van der Waals surface area (Å²) in [6.45, 7) is 6.02. The van der Waals surface area contributed by atoms with Crippen molar-refractivity contribution in [1.29, 1.82) is 0 Å². The molecule has 1 N–H and O–H groups in total. The van der Waals surface area contributed by atoms with E-state index in [1.165, 1.54) is 0 Å². The standard InChI is InChI=1S/C26H32Cl2N2O3/c1-4-24(26(32)29-20-7-5-6-8-20)30(15-19-10-12-22(27)23(28)14-19)25(31)16-33-21-11-9-17(2)18(3)13-21/h9-14,20,24H,4-8,15-16H2,1-3H3,(H,29,32)/t24-/m1/s1. The van der Waals surface area contributed by atoms with Crippen LogP contribution in [0.4, 0.5) is 0 Å². The molecule has 1 aliphatic carbocycles. The fourth-order valence-electron chi connectivity index (χ4n) is 4.15. The second-order valence-electron chi connectivity index (χ2n) is 8.72. The van der Waals surface area contributed by atoms with E-state index in [4.69, 9.17) is 27.9 Å². The summed E-state index contributed by atoms with van der Waals surface area (Å²) in [4.78, 5) is 28.1. The largest absolute Gasteiger partial charge is 0.484 e. The zero-order valence-corrected chi connectivity index (χ0v) is 21.0. The van der Waals surface area contributed by atoms with Gasteiger partial charge in [-0.25, -0.2) is 0 Å². The summed E-state index contributed by atoms with van der Waals surface area (Å²) in [5, 5.41) is 4.00. The van der Waals surface area contributed by atoms with Gasteiger partial charge in [-0.3, -0.25) is 9.59 Å². The Bertz CT molecular complexity index is 989. The number of carbonyl (C=O) groups excluding carboxylic acids is 2. The molecule has 178 valence electrons. The van der Waals surface area contributed by atoms with Gasteiger partial charge in [0.1, 0.15) is 11.8 Å². The maximum Gasteiger partial charge on any atom is 0.261 e. The Balaban J connectivity index is 1.78. The fourth-order valence-corrected chi connectivity index (χ4v) is 4.47. The van der Waals surface area contributed by atoms with Gasteiger partial charge in [0.05, 0.1) is 10.0 Å². The number of nitrogens with one attached hydrogen (secondary N) is 1. The van der Waals surface area contributed by atoms with Gasteiger partial charge >= 0.3 is 0 Å². The molecule has 1 saturated carbocycles. The van der Waals surface area contributed by atoms with Crippen molar-refractivity contribution in [3.8, 4) is 5.75 Å². The first-order valence-electron chi connectivity index (χ1n) is 11.5. The van der Waals surface area contributed by atoms with Crippen LogP contribution in [0.25, 0.3) is 0 Å². The van der Waals surface area contributed by atoms with E-state index in [-0.39, 0.29) is 31.0 Å². The topological polar surface area (TPSA) is 58.6 Å². The Hall–Kier alpha value is -2.24. The number of rotatable bonds is 9. The summed E-state index contributed by atoms with van der Waals surface area (Å²) in [6.07, 6.45) is 4.71. The molecule has 0 unspecified atom stereocenters. The van der Waals surface area contributed by atoms with Crippen molar-refractivity contribution >= 4 is 35.0 Å². The van der Waals surface area contributed by atoms with Gasteiger partial charge in [-0.05, 0) is 74.1 Å². The van der Waals surface area contributed by atoms with Gasteiger partial charge in [-0.15, -0.1) is 0 Å². The smallest absolute Gasteiger partial charge is 0.261 e. The van der Waals surface area contributed by atoms with E-state index in [9.17, 15) is 9.59 Å². The molecule has 2 aromatic carbocycles. The van der Waals surface area contributed by atoms with E-state index in [0.717, 1.165) is 42.4 Å². The van der Waals surface area contributed by atoms with Crippen LogP contribution in [-0.2, 0) is 16.1 Å². The zero-order valence-electron chi connectivity index (χ0n) is 19.5. The molecule has 0 heterocycles. The van der Waals surface area contributed by atoms with Gasteiger partial charge in [-0.1, -0.05) is 55.1 Å². The Kier molecular flexibility index (Phi) is 9.04. The monoisotopic (exact) mass is 490 g/mol. The zero-order chi connectivity index (χ0) is 24.0. The number of nitrogens with zero attached hydrogens (tertiary/aromatic N) is 1. The lowest BCUT2D eigenvalue weighted by molar-refractivity contribution is -0.143. The van der Waals surface area contributed by atoms with Crippen LogP contribution in [0.15, 0.2) is 36.4 Å². The molecule has 1 atom stereocenters. The van der Waals surface area contributed by atoms with Crippen molar-refractivity contribution in [3.63, 3.8) is 0 Å². The number of ether oxygens (including phenoxy) is 1. The second kappa shape index (κ2) is 11.8. The van der Waals surface area contributed by atoms with E-state index in [1.807, 2.05) is 45.0 Å². The summed E-state index contributed by atoms with van der Waals surface area (Å²) in [5.41, 5.74) is 3.05. The molecule has 1 fully saturated rings. The number of amides is 2. The highest BCUT2D eigenvalue weighted by Crippen LogP contribution is 2.25. The second-order valence-corrected chi connectivity index (χ2v) is 9.53. The van der Waals surface area contributed by atoms with Crippen LogP contribution in [0.1, 0.15) is 55.7 Å². The van der Waals surface area contributed by atoms with Gasteiger partial charge in [-0.2, -0.15) is 0 Å². The van der Waals surface area contributed by atoms with Crippen molar-refractivity contribution in [3.05, 3.63) is 63.1 Å². The Labute approximate surface area is 206 Å². The van der Waals surface area contributed by atoms with Crippen molar-refractivity contribution < 1.29 is 14.3 Å². The van der Waals surface area contributed by atoms with Crippen LogP contribution in [0.5, 0.6) is 5.75 Å². The summed E-state index contributed by atoms with van der Waals surface area (Å²) < 4.78 is 5.80. The SMILES string of the molecule is CC[C@H](C(=O)NC1CCCC1)N(Cc1ccc(Cl)c(Cl)c1)C(=O)COc1ccc(C)c(C)c1. The lowest BCUT2D eigenvalue weighted by Crippen LogP contribution is -2.52. The van der Waals surface area contributed by atoms with Crippen LogP contribution < -0.4 is 10.1 Å². The van der Waals surface area contributed by atoms with Gasteiger partial charge in [0, 0.05) is 12.6 Å². The summed E-state index contributed by atoms with van der Waals surface area (Å²) in [6, 6.07) is 10.6. The molecule has 0 aromatic heterocycles. The van der Waals surface area contributed by atoms with Gasteiger partial charge in [0.15, 0.2) is 6.61 Å². The molecule has 0 spiro atoms. The van der Waals surface area contributed by atoms with Crippen LogP contribution in [0.3, 0.4) is 0 Å². The molecular formula is C26H32Cl2N2O3. The minimum Gasteiger partial charge on any atom is -0.484 e. The first-order chi connectivity index (χ1) is 15.8. The number of benzene rings is 2. The highest BCUT2D eigenvalue weighted by atomic mass is 35.5. The van der Waals surface area contributed by atoms with E-state index < -0.39 is 6.04 Å². The molecule has 2 amide bonds. The molecular weight excluding hydrogens is 459 g/mol. The lowest BCUT2D eigenvalue weighted by atomic mass is 10.1. The van der Waals surface area contributed by atoms with Crippen molar-refractivity contribution in [2.75, 3.05) is 6.61 Å². The minimum absolute atomic E-state index is 0.121. The Morgan fingerprint density at radius 1 is 1.06 bits per heavy atom. The molecule has 3 rings (SSSR count). The highest BCUT2D eigenvalue weighted by molar-refractivity contribution is 6.42. The van der Waals surface area contributed by atoms with Crippen LogP contribution in [0, 0.1) is 13.8 Å². The van der Waals surface area contributed by atoms with Crippen LogP contribution in [0.2, 0.25) is 10.0 Å². The quantitative estimate of drug-likeness (QED) is 0.479. The Morgan fingerprint density at radius 2 is 1.79 bits per heavy atom. The molecule has 5 nitrogen and oxygen atoms in total. The average molecular weight is 491 g/mol. The molecule has 0 saturated heterocycles. The number of aryl methyl sites for hydroxylation is 2. The predicted molar refractivity (Wildman–Crippen MR) is 133 cm³/mol. The van der Waals surface area contributed by atoms with E-state index in [2.05, 4.69) is 5.32 Å². The maximum atomic E-state index is 13.3. The molecule has 0 radical (unpaired) electrons. The molecule has 0 aliphatic heterocycles. The third-order valence-electron chi connectivity index (χ3n) is 6.27. The van der Waals surface area contributed by atoms with E-state index in [1.54, 1.807) is 17.0 Å². The van der Waals surface area contributed by atoms with Crippen molar-refractivity contribution in [2.45, 2.75) is 71.5 Å². The predicted octanol–water partition coefficient (Wildman–Crippen LogP) is 5.86. The summed E-state index contributed by atoms with van der Waals surface area (Å²) in [7, 11) is 0.